The Bertz CT molecular complexity index is 1160. The van der Waals surface area contributed by atoms with Crippen molar-refractivity contribution >= 4 is 32.8 Å². The molecule has 6 nitrogen and oxygen atoms in total. The fourth-order valence-corrected chi connectivity index (χ4v) is 6.41. The third kappa shape index (κ3) is 4.80. The Hall–Kier alpha value is -2.71. The van der Waals surface area contributed by atoms with Gasteiger partial charge in [-0.1, -0.05) is 18.9 Å². The first-order chi connectivity index (χ1) is 15.0. The van der Waals surface area contributed by atoms with E-state index < -0.39 is 9.84 Å². The molecule has 1 heterocycles. The SMILES string of the molecule is CCOc1ccc(-c2nc(C(=O)Nc3cccc(S(=O)(=O)C4CCCC4)c3)cs2)cc1. The largest absolute Gasteiger partial charge is 0.494 e. The van der Waals surface area contributed by atoms with E-state index in [0.717, 1.165) is 29.2 Å². The van der Waals surface area contributed by atoms with Crippen LogP contribution < -0.4 is 10.1 Å². The number of nitrogens with one attached hydrogen (secondary N) is 1. The van der Waals surface area contributed by atoms with Crippen LogP contribution in [0, 0.1) is 0 Å². The number of hydrogen-bond acceptors (Lipinski definition) is 6. The number of ether oxygens (including phenoxy) is 1. The van der Waals surface area contributed by atoms with Gasteiger partial charge in [0, 0.05) is 16.6 Å². The van der Waals surface area contributed by atoms with Crippen molar-refractivity contribution in [2.45, 2.75) is 42.8 Å². The molecule has 8 heteroatoms. The van der Waals surface area contributed by atoms with Crippen LogP contribution in [0.15, 0.2) is 58.8 Å². The minimum Gasteiger partial charge on any atom is -0.494 e. The highest BCUT2D eigenvalue weighted by Gasteiger charge is 2.30. The molecule has 0 spiro atoms. The van der Waals surface area contributed by atoms with Crippen LogP contribution in [0.3, 0.4) is 0 Å². The maximum absolute atomic E-state index is 12.8. The van der Waals surface area contributed by atoms with Crippen LogP contribution in [0.25, 0.3) is 10.6 Å². The number of benzene rings is 2. The lowest BCUT2D eigenvalue weighted by atomic mass is 10.2. The average molecular weight is 457 g/mol. The van der Waals surface area contributed by atoms with Gasteiger partial charge in [-0.3, -0.25) is 4.79 Å². The van der Waals surface area contributed by atoms with E-state index in [9.17, 15) is 13.2 Å². The summed E-state index contributed by atoms with van der Waals surface area (Å²) >= 11 is 1.38. The van der Waals surface area contributed by atoms with Crippen LogP contribution >= 0.6 is 11.3 Å². The number of aromatic nitrogens is 1. The number of amides is 1. The van der Waals surface area contributed by atoms with Crippen LogP contribution in [0.2, 0.25) is 0 Å². The Kier molecular flexibility index (Phi) is 6.38. The Morgan fingerprint density at radius 1 is 1.16 bits per heavy atom. The number of carbonyl (C=O) groups excluding carboxylic acids is 1. The fourth-order valence-electron chi connectivity index (χ4n) is 3.71. The second-order valence-electron chi connectivity index (χ2n) is 7.43. The second kappa shape index (κ2) is 9.20. The zero-order chi connectivity index (χ0) is 21.8. The molecule has 0 bridgehead atoms. The summed E-state index contributed by atoms with van der Waals surface area (Å²) in [5.41, 5.74) is 1.63. The molecule has 0 aliphatic heterocycles. The van der Waals surface area contributed by atoms with Crippen molar-refractivity contribution in [2.75, 3.05) is 11.9 Å². The van der Waals surface area contributed by atoms with E-state index in [0.29, 0.717) is 25.1 Å². The van der Waals surface area contributed by atoms with Crippen LogP contribution in [0.4, 0.5) is 5.69 Å². The maximum atomic E-state index is 12.8. The van der Waals surface area contributed by atoms with E-state index in [2.05, 4.69) is 10.3 Å². The molecule has 1 saturated carbocycles. The summed E-state index contributed by atoms with van der Waals surface area (Å²) in [6.07, 6.45) is 3.29. The minimum absolute atomic E-state index is 0.255. The van der Waals surface area contributed by atoms with Gasteiger partial charge in [0.25, 0.3) is 5.91 Å². The van der Waals surface area contributed by atoms with Gasteiger partial charge in [-0.05, 0) is 62.2 Å². The van der Waals surface area contributed by atoms with Crippen LogP contribution in [-0.4, -0.2) is 31.2 Å². The van der Waals surface area contributed by atoms with E-state index in [1.54, 1.807) is 23.6 Å². The molecule has 3 aromatic rings. The molecule has 4 rings (SSSR count). The number of carbonyl (C=O) groups is 1. The van der Waals surface area contributed by atoms with Crippen molar-refractivity contribution in [3.63, 3.8) is 0 Å². The number of rotatable bonds is 7. The Morgan fingerprint density at radius 3 is 2.61 bits per heavy atom. The molecule has 0 radical (unpaired) electrons. The van der Waals surface area contributed by atoms with Crippen molar-refractivity contribution in [1.82, 2.24) is 4.98 Å². The first-order valence-electron chi connectivity index (χ1n) is 10.3. The highest BCUT2D eigenvalue weighted by molar-refractivity contribution is 7.92. The van der Waals surface area contributed by atoms with Gasteiger partial charge in [0.1, 0.15) is 16.5 Å². The second-order valence-corrected chi connectivity index (χ2v) is 10.5. The minimum atomic E-state index is -3.38. The van der Waals surface area contributed by atoms with Gasteiger partial charge >= 0.3 is 0 Å². The highest BCUT2D eigenvalue weighted by Crippen LogP contribution is 2.31. The number of anilines is 1. The van der Waals surface area contributed by atoms with Crippen LogP contribution in [0.1, 0.15) is 43.1 Å². The van der Waals surface area contributed by atoms with Crippen molar-refractivity contribution in [3.8, 4) is 16.3 Å². The maximum Gasteiger partial charge on any atom is 0.275 e. The van der Waals surface area contributed by atoms with E-state index in [4.69, 9.17) is 4.74 Å². The molecule has 1 aliphatic rings. The van der Waals surface area contributed by atoms with Crippen molar-refractivity contribution < 1.29 is 17.9 Å². The van der Waals surface area contributed by atoms with Crippen molar-refractivity contribution in [2.24, 2.45) is 0 Å². The predicted molar refractivity (Wildman–Crippen MR) is 123 cm³/mol. The number of hydrogen-bond donors (Lipinski definition) is 1. The Morgan fingerprint density at radius 2 is 1.90 bits per heavy atom. The molecular formula is C23H24N2O4S2. The molecule has 1 aliphatic carbocycles. The summed E-state index contributed by atoms with van der Waals surface area (Å²) in [5.74, 6) is 0.414. The lowest BCUT2D eigenvalue weighted by Crippen LogP contribution is -2.18. The number of sulfone groups is 1. The third-order valence-electron chi connectivity index (χ3n) is 5.31. The summed E-state index contributed by atoms with van der Waals surface area (Å²) in [5, 5.41) is 4.87. The molecule has 2 aromatic carbocycles. The fraction of sp³-hybridized carbons (Fsp3) is 0.304. The lowest BCUT2D eigenvalue weighted by Gasteiger charge is -2.12. The Labute approximate surface area is 186 Å². The van der Waals surface area contributed by atoms with Gasteiger partial charge in [-0.15, -0.1) is 11.3 Å². The van der Waals surface area contributed by atoms with Crippen LogP contribution in [-0.2, 0) is 9.84 Å². The van der Waals surface area contributed by atoms with Gasteiger partial charge in [-0.25, -0.2) is 13.4 Å². The van der Waals surface area contributed by atoms with Crippen LogP contribution in [0.5, 0.6) is 5.75 Å². The van der Waals surface area contributed by atoms with Crippen molar-refractivity contribution in [1.29, 1.82) is 0 Å². The molecule has 1 fully saturated rings. The quantitative estimate of drug-likeness (QED) is 0.530. The van der Waals surface area contributed by atoms with Gasteiger partial charge in [-0.2, -0.15) is 0 Å². The van der Waals surface area contributed by atoms with E-state index in [1.807, 2.05) is 31.2 Å². The normalized spacial score (nSPS) is 14.5. The summed E-state index contributed by atoms with van der Waals surface area (Å²) < 4.78 is 31.1. The monoisotopic (exact) mass is 456 g/mol. The summed E-state index contributed by atoms with van der Waals surface area (Å²) in [4.78, 5) is 17.4. The molecule has 162 valence electrons. The first kappa shape index (κ1) is 21.5. The standard InChI is InChI=1S/C23H24N2O4S2/c1-2-29-18-12-10-16(11-13-18)23-25-21(15-30-23)22(26)24-17-6-5-9-20(14-17)31(27,28)19-7-3-4-8-19/h5-6,9-15,19H,2-4,7-8H2,1H3,(H,24,26). The Balaban J connectivity index is 1.48. The van der Waals surface area contributed by atoms with E-state index >= 15 is 0 Å². The lowest BCUT2D eigenvalue weighted by molar-refractivity contribution is 0.102. The molecule has 0 saturated heterocycles. The number of thiazole rings is 1. The van der Waals surface area contributed by atoms with E-state index in [-0.39, 0.29) is 21.7 Å². The number of nitrogens with zero attached hydrogens (tertiary/aromatic N) is 1. The third-order valence-corrected chi connectivity index (χ3v) is 8.46. The van der Waals surface area contributed by atoms with Gasteiger partial charge in [0.05, 0.1) is 16.8 Å². The molecule has 1 N–H and O–H groups in total. The topological polar surface area (TPSA) is 85.4 Å². The zero-order valence-corrected chi connectivity index (χ0v) is 18.8. The average Bonchev–Trinajstić information content (AvgIpc) is 3.48. The summed E-state index contributed by atoms with van der Waals surface area (Å²) in [6, 6.07) is 14.0. The first-order valence-corrected chi connectivity index (χ1v) is 12.7. The smallest absolute Gasteiger partial charge is 0.275 e. The predicted octanol–water partition coefficient (Wildman–Crippen LogP) is 5.18. The summed E-state index contributed by atoms with van der Waals surface area (Å²) in [6.45, 7) is 2.53. The van der Waals surface area contributed by atoms with Gasteiger partial charge in [0.15, 0.2) is 9.84 Å². The van der Waals surface area contributed by atoms with Crippen molar-refractivity contribution in [3.05, 3.63) is 59.6 Å². The highest BCUT2D eigenvalue weighted by atomic mass is 32.2. The molecule has 1 aromatic heterocycles. The van der Waals surface area contributed by atoms with Gasteiger partial charge in [0.2, 0.25) is 0 Å². The zero-order valence-electron chi connectivity index (χ0n) is 17.2. The summed E-state index contributed by atoms with van der Waals surface area (Å²) in [7, 11) is -3.38. The molecule has 0 unspecified atom stereocenters. The van der Waals surface area contributed by atoms with E-state index in [1.165, 1.54) is 17.4 Å². The molecular weight excluding hydrogens is 432 g/mol. The molecule has 1 amide bonds. The van der Waals surface area contributed by atoms with Gasteiger partial charge < -0.3 is 10.1 Å². The molecule has 0 atom stereocenters. The molecule has 31 heavy (non-hydrogen) atoms.